The molecule has 0 aliphatic rings. The van der Waals surface area contributed by atoms with Gasteiger partial charge in [0.15, 0.2) is 0 Å². The molecule has 0 amide bonds. The molecule has 0 bridgehead atoms. The van der Waals surface area contributed by atoms with Crippen molar-refractivity contribution in [1.29, 1.82) is 0 Å². The number of rotatable bonds is 4. The van der Waals surface area contributed by atoms with Crippen LogP contribution in [-0.2, 0) is 23.8 Å². The minimum absolute atomic E-state index is 0.0176. The maximum absolute atomic E-state index is 12.4. The van der Waals surface area contributed by atoms with Crippen molar-refractivity contribution in [2.24, 2.45) is 0 Å². The zero-order chi connectivity index (χ0) is 14.6. The number of Topliss-reactive ketones (excluding diaryl/α,β-unsaturated/α-hetero) is 1. The summed E-state index contributed by atoms with van der Waals surface area (Å²) in [6, 6.07) is 14.0. The molecule has 0 saturated heterocycles. The molecule has 20 heavy (non-hydrogen) atoms. The molecule has 0 aliphatic heterocycles. The number of carbonyl (C=O) groups is 1. The van der Waals surface area contributed by atoms with Crippen LogP contribution >= 0.6 is 0 Å². The molecule has 1 nitrogen and oxygen atoms in total. The standard InChI is InChI=1S/C16H13F3O/c17-16(18,19)14-8-6-13(7-9-14)11-15(20)10-12-4-2-1-3-5-12/h1-9H,10-11H2. The Morgan fingerprint density at radius 2 is 1.30 bits per heavy atom. The van der Waals surface area contributed by atoms with Gasteiger partial charge in [0, 0.05) is 12.8 Å². The van der Waals surface area contributed by atoms with Gasteiger partial charge in [-0.15, -0.1) is 0 Å². The highest BCUT2D eigenvalue weighted by Crippen LogP contribution is 2.29. The van der Waals surface area contributed by atoms with Gasteiger partial charge in [-0.1, -0.05) is 42.5 Å². The monoisotopic (exact) mass is 278 g/mol. The van der Waals surface area contributed by atoms with Gasteiger partial charge in [-0.3, -0.25) is 4.79 Å². The van der Waals surface area contributed by atoms with Crippen molar-refractivity contribution in [1.82, 2.24) is 0 Å². The molecular formula is C16H13F3O. The summed E-state index contributed by atoms with van der Waals surface area (Å²) in [6.07, 6.45) is -3.90. The lowest BCUT2D eigenvalue weighted by atomic mass is 10.0. The number of ketones is 1. The normalized spacial score (nSPS) is 11.3. The molecule has 104 valence electrons. The number of benzene rings is 2. The van der Waals surface area contributed by atoms with Gasteiger partial charge >= 0.3 is 6.18 Å². The van der Waals surface area contributed by atoms with Crippen LogP contribution in [0.3, 0.4) is 0 Å². The predicted molar refractivity (Wildman–Crippen MR) is 70.3 cm³/mol. The average Bonchev–Trinajstić information content (AvgIpc) is 2.39. The molecule has 0 fully saturated rings. The van der Waals surface area contributed by atoms with Crippen molar-refractivity contribution in [2.75, 3.05) is 0 Å². The summed E-state index contributed by atoms with van der Waals surface area (Å²) in [5.41, 5.74) is 0.806. The first-order valence-corrected chi connectivity index (χ1v) is 6.17. The second-order valence-electron chi connectivity index (χ2n) is 4.57. The van der Waals surface area contributed by atoms with Crippen LogP contribution in [0.4, 0.5) is 13.2 Å². The second-order valence-corrected chi connectivity index (χ2v) is 4.57. The Bertz CT molecular complexity index is 571. The van der Waals surface area contributed by atoms with Crippen molar-refractivity contribution in [3.8, 4) is 0 Å². The lowest BCUT2D eigenvalue weighted by Gasteiger charge is -2.07. The maximum Gasteiger partial charge on any atom is 0.416 e. The summed E-state index contributed by atoms with van der Waals surface area (Å²) in [5.74, 6) is -0.0176. The van der Waals surface area contributed by atoms with Gasteiger partial charge in [-0.2, -0.15) is 13.2 Å². The van der Waals surface area contributed by atoms with Gasteiger partial charge in [0.2, 0.25) is 0 Å². The molecule has 0 spiro atoms. The molecule has 0 aliphatic carbocycles. The first-order chi connectivity index (χ1) is 9.45. The highest BCUT2D eigenvalue weighted by Gasteiger charge is 2.29. The summed E-state index contributed by atoms with van der Waals surface area (Å²) < 4.78 is 37.2. The van der Waals surface area contributed by atoms with E-state index < -0.39 is 11.7 Å². The van der Waals surface area contributed by atoms with E-state index in [0.29, 0.717) is 12.0 Å². The van der Waals surface area contributed by atoms with Crippen molar-refractivity contribution in [3.05, 3.63) is 71.3 Å². The smallest absolute Gasteiger partial charge is 0.299 e. The van der Waals surface area contributed by atoms with Gasteiger partial charge in [0.05, 0.1) is 5.56 Å². The largest absolute Gasteiger partial charge is 0.416 e. The first kappa shape index (κ1) is 14.3. The third kappa shape index (κ3) is 3.95. The molecule has 0 heterocycles. The Hall–Kier alpha value is -2.10. The first-order valence-electron chi connectivity index (χ1n) is 6.17. The van der Waals surface area contributed by atoms with Crippen LogP contribution in [0.2, 0.25) is 0 Å². The van der Waals surface area contributed by atoms with Crippen LogP contribution in [0.15, 0.2) is 54.6 Å². The van der Waals surface area contributed by atoms with Crippen molar-refractivity contribution in [2.45, 2.75) is 19.0 Å². The quantitative estimate of drug-likeness (QED) is 0.824. The Kier molecular flexibility index (Phi) is 4.23. The lowest BCUT2D eigenvalue weighted by molar-refractivity contribution is -0.137. The number of hydrogen-bond acceptors (Lipinski definition) is 1. The molecule has 0 atom stereocenters. The summed E-state index contributed by atoms with van der Waals surface area (Å²) in [6.45, 7) is 0. The van der Waals surface area contributed by atoms with Crippen LogP contribution in [-0.4, -0.2) is 5.78 Å². The van der Waals surface area contributed by atoms with E-state index in [-0.39, 0.29) is 12.2 Å². The van der Waals surface area contributed by atoms with Gasteiger partial charge in [-0.25, -0.2) is 0 Å². The van der Waals surface area contributed by atoms with E-state index >= 15 is 0 Å². The highest BCUT2D eigenvalue weighted by atomic mass is 19.4. The zero-order valence-electron chi connectivity index (χ0n) is 10.7. The topological polar surface area (TPSA) is 17.1 Å². The van der Waals surface area contributed by atoms with Crippen molar-refractivity contribution < 1.29 is 18.0 Å². The fourth-order valence-corrected chi connectivity index (χ4v) is 1.93. The van der Waals surface area contributed by atoms with Crippen LogP contribution in [0.5, 0.6) is 0 Å². The molecule has 0 unspecified atom stereocenters. The zero-order valence-corrected chi connectivity index (χ0v) is 10.7. The van der Waals surface area contributed by atoms with Gasteiger partial charge in [0.25, 0.3) is 0 Å². The third-order valence-corrected chi connectivity index (χ3v) is 2.93. The summed E-state index contributed by atoms with van der Waals surface area (Å²) in [7, 11) is 0. The van der Waals surface area contributed by atoms with Crippen LogP contribution in [0.1, 0.15) is 16.7 Å². The highest BCUT2D eigenvalue weighted by molar-refractivity contribution is 5.83. The molecule has 2 rings (SSSR count). The van der Waals surface area contributed by atoms with Gasteiger partial charge in [0.1, 0.15) is 5.78 Å². The molecular weight excluding hydrogens is 265 g/mol. The van der Waals surface area contributed by atoms with Gasteiger partial charge < -0.3 is 0 Å². The molecule has 0 aromatic heterocycles. The lowest BCUT2D eigenvalue weighted by Crippen LogP contribution is -2.08. The Balaban J connectivity index is 1.98. The molecule has 0 radical (unpaired) electrons. The number of halogens is 3. The van der Waals surface area contributed by atoms with Crippen LogP contribution < -0.4 is 0 Å². The molecule has 0 N–H and O–H groups in total. The third-order valence-electron chi connectivity index (χ3n) is 2.93. The van der Waals surface area contributed by atoms with E-state index in [9.17, 15) is 18.0 Å². The van der Waals surface area contributed by atoms with Crippen molar-refractivity contribution >= 4 is 5.78 Å². The summed E-state index contributed by atoms with van der Waals surface area (Å²) in [4.78, 5) is 11.8. The second kappa shape index (κ2) is 5.90. The van der Waals surface area contributed by atoms with E-state index in [0.717, 1.165) is 17.7 Å². The van der Waals surface area contributed by atoms with Gasteiger partial charge in [-0.05, 0) is 23.3 Å². The fraction of sp³-hybridized carbons (Fsp3) is 0.188. The predicted octanol–water partition coefficient (Wildman–Crippen LogP) is 4.06. The number of hydrogen-bond donors (Lipinski definition) is 0. The minimum atomic E-state index is -4.34. The van der Waals surface area contributed by atoms with Crippen molar-refractivity contribution in [3.63, 3.8) is 0 Å². The van der Waals surface area contributed by atoms with E-state index in [1.54, 1.807) is 0 Å². The molecule has 2 aromatic carbocycles. The SMILES string of the molecule is O=C(Cc1ccccc1)Cc1ccc(C(F)(F)F)cc1. The van der Waals surface area contributed by atoms with E-state index in [1.807, 2.05) is 30.3 Å². The Morgan fingerprint density at radius 3 is 1.80 bits per heavy atom. The van der Waals surface area contributed by atoms with E-state index in [4.69, 9.17) is 0 Å². The molecule has 4 heteroatoms. The maximum atomic E-state index is 12.4. The Labute approximate surface area is 115 Å². The number of alkyl halides is 3. The van der Waals surface area contributed by atoms with Crippen LogP contribution in [0, 0.1) is 0 Å². The minimum Gasteiger partial charge on any atom is -0.299 e. The summed E-state index contributed by atoms with van der Waals surface area (Å²) >= 11 is 0. The number of carbonyl (C=O) groups excluding carboxylic acids is 1. The summed E-state index contributed by atoms with van der Waals surface area (Å²) in [5, 5.41) is 0. The molecule has 2 aromatic rings. The molecule has 0 saturated carbocycles. The average molecular weight is 278 g/mol. The fourth-order valence-electron chi connectivity index (χ4n) is 1.93. The Morgan fingerprint density at radius 1 is 0.800 bits per heavy atom. The van der Waals surface area contributed by atoms with E-state index in [1.165, 1.54) is 12.1 Å². The van der Waals surface area contributed by atoms with E-state index in [2.05, 4.69) is 0 Å². The van der Waals surface area contributed by atoms with Crippen LogP contribution in [0.25, 0.3) is 0 Å².